The number of ether oxygens (including phenoxy) is 1. The van der Waals surface area contributed by atoms with E-state index in [1.54, 1.807) is 0 Å². The number of esters is 1. The van der Waals surface area contributed by atoms with Crippen molar-refractivity contribution in [1.82, 2.24) is 0 Å². The van der Waals surface area contributed by atoms with E-state index in [0.717, 1.165) is 6.42 Å². The zero-order valence-electron chi connectivity index (χ0n) is 10.8. The molecule has 0 radical (unpaired) electrons. The Hall–Kier alpha value is -1.31. The van der Waals surface area contributed by atoms with Crippen molar-refractivity contribution in [2.24, 2.45) is 17.3 Å². The average molecular weight is 232 g/mol. The van der Waals surface area contributed by atoms with E-state index < -0.39 is 5.41 Å². The van der Waals surface area contributed by atoms with Crippen LogP contribution >= 0.6 is 0 Å². The van der Waals surface area contributed by atoms with Crippen LogP contribution in [-0.2, 0) is 9.53 Å². The molecule has 2 nitrogen and oxygen atoms in total. The number of rotatable bonds is 3. The first-order valence-corrected chi connectivity index (χ1v) is 6.11. The van der Waals surface area contributed by atoms with Crippen molar-refractivity contribution in [2.75, 3.05) is 7.11 Å². The topological polar surface area (TPSA) is 26.3 Å². The molecule has 1 fully saturated rings. The van der Waals surface area contributed by atoms with Gasteiger partial charge >= 0.3 is 5.97 Å². The van der Waals surface area contributed by atoms with Gasteiger partial charge in [-0.2, -0.15) is 0 Å². The zero-order chi connectivity index (χ0) is 12.6. The Morgan fingerprint density at radius 2 is 2.29 bits per heavy atom. The SMILES string of the molecule is C=CC[C@@]1(C(=O)OC)C[C@@H]2C=C[C@H]1C2=C(C)C. The van der Waals surface area contributed by atoms with Gasteiger partial charge in [-0.25, -0.2) is 0 Å². The van der Waals surface area contributed by atoms with Gasteiger partial charge in [-0.3, -0.25) is 4.79 Å². The molecule has 0 aromatic rings. The van der Waals surface area contributed by atoms with Crippen LogP contribution in [0.3, 0.4) is 0 Å². The highest BCUT2D eigenvalue weighted by Crippen LogP contribution is 2.58. The maximum absolute atomic E-state index is 12.2. The minimum Gasteiger partial charge on any atom is -0.469 e. The molecule has 0 aromatic heterocycles. The van der Waals surface area contributed by atoms with Gasteiger partial charge in [0.25, 0.3) is 0 Å². The molecule has 92 valence electrons. The van der Waals surface area contributed by atoms with E-state index >= 15 is 0 Å². The van der Waals surface area contributed by atoms with Crippen LogP contribution in [0.25, 0.3) is 0 Å². The summed E-state index contributed by atoms with van der Waals surface area (Å²) in [4.78, 5) is 12.2. The third-order valence-electron chi connectivity index (χ3n) is 4.13. The predicted octanol–water partition coefficient (Wildman–Crippen LogP) is 3.26. The first-order chi connectivity index (χ1) is 8.06. The Morgan fingerprint density at radius 1 is 1.59 bits per heavy atom. The summed E-state index contributed by atoms with van der Waals surface area (Å²) in [5, 5.41) is 0. The molecule has 17 heavy (non-hydrogen) atoms. The van der Waals surface area contributed by atoms with Crippen LogP contribution < -0.4 is 0 Å². The molecule has 2 bridgehead atoms. The average Bonchev–Trinajstić information content (AvgIpc) is 2.84. The highest BCUT2D eigenvalue weighted by atomic mass is 16.5. The van der Waals surface area contributed by atoms with Gasteiger partial charge in [-0.1, -0.05) is 29.4 Å². The quantitative estimate of drug-likeness (QED) is 0.551. The van der Waals surface area contributed by atoms with Crippen molar-refractivity contribution in [3.05, 3.63) is 36.0 Å². The third-order valence-corrected chi connectivity index (χ3v) is 4.13. The fourth-order valence-corrected chi connectivity index (χ4v) is 3.51. The number of hydrogen-bond acceptors (Lipinski definition) is 2. The molecule has 3 atom stereocenters. The van der Waals surface area contributed by atoms with Gasteiger partial charge in [0.05, 0.1) is 12.5 Å². The fraction of sp³-hybridized carbons (Fsp3) is 0.533. The second-order valence-corrected chi connectivity index (χ2v) is 5.27. The lowest BCUT2D eigenvalue weighted by Gasteiger charge is -2.31. The lowest BCUT2D eigenvalue weighted by Crippen LogP contribution is -2.36. The summed E-state index contributed by atoms with van der Waals surface area (Å²) in [6.07, 6.45) is 7.82. The van der Waals surface area contributed by atoms with E-state index in [-0.39, 0.29) is 11.9 Å². The van der Waals surface area contributed by atoms with Crippen LogP contribution in [0.5, 0.6) is 0 Å². The van der Waals surface area contributed by atoms with E-state index in [4.69, 9.17) is 4.74 Å². The molecule has 2 rings (SSSR count). The summed E-state index contributed by atoms with van der Waals surface area (Å²) < 4.78 is 5.03. The lowest BCUT2D eigenvalue weighted by molar-refractivity contribution is -0.154. The van der Waals surface area contributed by atoms with E-state index in [9.17, 15) is 4.79 Å². The summed E-state index contributed by atoms with van der Waals surface area (Å²) in [5.41, 5.74) is 2.35. The number of methoxy groups -OCH3 is 1. The van der Waals surface area contributed by atoms with Crippen LogP contribution in [-0.4, -0.2) is 13.1 Å². The van der Waals surface area contributed by atoms with E-state index in [1.165, 1.54) is 18.3 Å². The summed E-state index contributed by atoms with van der Waals surface area (Å²) >= 11 is 0. The number of fused-ring (bicyclic) bond motifs is 2. The van der Waals surface area contributed by atoms with Gasteiger partial charge < -0.3 is 4.74 Å². The molecule has 0 amide bonds. The molecule has 2 aliphatic rings. The van der Waals surface area contributed by atoms with Gasteiger partial charge in [0.2, 0.25) is 0 Å². The Morgan fingerprint density at radius 3 is 2.76 bits per heavy atom. The second kappa shape index (κ2) is 4.17. The van der Waals surface area contributed by atoms with Crippen molar-refractivity contribution < 1.29 is 9.53 Å². The minimum absolute atomic E-state index is 0.0898. The highest BCUT2D eigenvalue weighted by molar-refractivity contribution is 5.80. The second-order valence-electron chi connectivity index (χ2n) is 5.27. The Labute approximate surface area is 103 Å². The summed E-state index contributed by atoms with van der Waals surface area (Å²) in [7, 11) is 1.48. The normalized spacial score (nSPS) is 33.9. The molecule has 1 saturated carbocycles. The number of carbonyl (C=O) groups is 1. The fourth-order valence-electron chi connectivity index (χ4n) is 3.51. The molecular weight excluding hydrogens is 212 g/mol. The Kier molecular flexibility index (Phi) is 2.98. The monoisotopic (exact) mass is 232 g/mol. The van der Waals surface area contributed by atoms with Gasteiger partial charge in [0, 0.05) is 5.92 Å². The molecule has 0 spiro atoms. The zero-order valence-corrected chi connectivity index (χ0v) is 10.8. The first-order valence-electron chi connectivity index (χ1n) is 6.11. The smallest absolute Gasteiger partial charge is 0.313 e. The van der Waals surface area contributed by atoms with Crippen LogP contribution in [0.1, 0.15) is 26.7 Å². The van der Waals surface area contributed by atoms with Crippen molar-refractivity contribution >= 4 is 5.97 Å². The van der Waals surface area contributed by atoms with Gasteiger partial charge in [0.1, 0.15) is 0 Å². The van der Waals surface area contributed by atoms with Gasteiger partial charge in [0.15, 0.2) is 0 Å². The van der Waals surface area contributed by atoms with Crippen molar-refractivity contribution in [1.29, 1.82) is 0 Å². The maximum atomic E-state index is 12.2. The summed E-state index contributed by atoms with van der Waals surface area (Å²) in [6, 6.07) is 0. The predicted molar refractivity (Wildman–Crippen MR) is 68.4 cm³/mol. The van der Waals surface area contributed by atoms with E-state index in [2.05, 4.69) is 32.6 Å². The molecule has 2 heteroatoms. The number of carbonyl (C=O) groups excluding carboxylic acids is 1. The van der Waals surface area contributed by atoms with Crippen molar-refractivity contribution in [2.45, 2.75) is 26.7 Å². The van der Waals surface area contributed by atoms with Crippen LogP contribution in [0.4, 0.5) is 0 Å². The molecule has 2 aliphatic carbocycles. The van der Waals surface area contributed by atoms with Gasteiger partial charge in [-0.15, -0.1) is 6.58 Å². The van der Waals surface area contributed by atoms with Crippen molar-refractivity contribution in [3.8, 4) is 0 Å². The van der Waals surface area contributed by atoms with Crippen molar-refractivity contribution in [3.63, 3.8) is 0 Å². The molecule has 0 unspecified atom stereocenters. The van der Waals surface area contributed by atoms with Crippen LogP contribution in [0.15, 0.2) is 36.0 Å². The lowest BCUT2D eigenvalue weighted by atomic mass is 9.72. The highest BCUT2D eigenvalue weighted by Gasteiger charge is 2.56. The summed E-state index contributed by atoms with van der Waals surface area (Å²) in [5.74, 6) is 0.542. The molecule has 0 heterocycles. The number of hydrogen-bond donors (Lipinski definition) is 0. The molecule has 0 N–H and O–H groups in total. The standard InChI is InChI=1S/C15H20O2/c1-5-8-15(14(16)17-4)9-11-6-7-12(15)13(11)10(2)3/h5-7,11-12H,1,8-9H2,2-4H3/t11-,12-,15+/m0/s1. The molecular formula is C15H20O2. The summed E-state index contributed by atoms with van der Waals surface area (Å²) in [6.45, 7) is 8.05. The molecule has 0 saturated heterocycles. The van der Waals surface area contributed by atoms with Crippen LogP contribution in [0.2, 0.25) is 0 Å². The number of allylic oxidation sites excluding steroid dienone is 5. The molecule has 0 aromatic carbocycles. The largest absolute Gasteiger partial charge is 0.469 e. The van der Waals surface area contributed by atoms with E-state index in [1.807, 2.05) is 6.08 Å². The minimum atomic E-state index is -0.400. The van der Waals surface area contributed by atoms with E-state index in [0.29, 0.717) is 12.3 Å². The molecule has 0 aliphatic heterocycles. The first kappa shape index (κ1) is 12.2. The Balaban J connectivity index is 2.46. The van der Waals surface area contributed by atoms with Gasteiger partial charge in [-0.05, 0) is 32.6 Å². The third kappa shape index (κ3) is 1.58. The maximum Gasteiger partial charge on any atom is 0.313 e. The van der Waals surface area contributed by atoms with Crippen LogP contribution in [0, 0.1) is 17.3 Å². The Bertz CT molecular complexity index is 413.